The number of urea groups is 1. The van der Waals surface area contributed by atoms with Gasteiger partial charge in [0.1, 0.15) is 0 Å². The second-order valence-corrected chi connectivity index (χ2v) is 4.76. The third-order valence-corrected chi connectivity index (χ3v) is 3.00. The van der Waals surface area contributed by atoms with Gasteiger partial charge in [0.05, 0.1) is 0 Å². The molecule has 0 aliphatic rings. The van der Waals surface area contributed by atoms with E-state index in [2.05, 4.69) is 10.6 Å². The second-order valence-electron chi connectivity index (χ2n) is 3.78. The van der Waals surface area contributed by atoms with Crippen LogP contribution in [0.15, 0.2) is 23.6 Å². The van der Waals surface area contributed by atoms with Gasteiger partial charge in [0.15, 0.2) is 6.10 Å². The van der Waals surface area contributed by atoms with Gasteiger partial charge in [-0.1, -0.05) is 6.07 Å². The molecule has 0 fully saturated rings. The summed E-state index contributed by atoms with van der Waals surface area (Å²) < 4.78 is 4.88. The summed E-state index contributed by atoms with van der Waals surface area (Å²) in [6.45, 7) is 3.52. The maximum Gasteiger partial charge on any atom is 0.331 e. The smallest absolute Gasteiger partial charge is 0.331 e. The lowest BCUT2D eigenvalue weighted by atomic mass is 10.3. The van der Waals surface area contributed by atoms with Crippen LogP contribution in [0.1, 0.15) is 18.7 Å². The Bertz CT molecular complexity index is 496. The lowest BCUT2D eigenvalue weighted by molar-refractivity contribution is -0.149. The summed E-state index contributed by atoms with van der Waals surface area (Å²) >= 11 is 1.48. The van der Waals surface area contributed by atoms with E-state index in [1.54, 1.807) is 13.0 Å². The first kappa shape index (κ1) is 15.9. The fourth-order valence-electron chi connectivity index (χ4n) is 1.22. The highest BCUT2D eigenvalue weighted by Gasteiger charge is 2.18. The number of thiophene rings is 1. The number of ether oxygens (including phenoxy) is 1. The molecule has 1 rings (SSSR count). The predicted molar refractivity (Wildman–Crippen MR) is 76.1 cm³/mol. The molecule has 20 heavy (non-hydrogen) atoms. The van der Waals surface area contributed by atoms with Gasteiger partial charge in [0.25, 0.3) is 5.91 Å². The van der Waals surface area contributed by atoms with Gasteiger partial charge >= 0.3 is 12.0 Å². The molecule has 1 heterocycles. The first-order valence-corrected chi connectivity index (χ1v) is 6.91. The number of amides is 3. The number of nitrogens with one attached hydrogen (secondary N) is 2. The first-order valence-electron chi connectivity index (χ1n) is 6.03. The van der Waals surface area contributed by atoms with E-state index in [0.717, 1.165) is 4.88 Å². The molecule has 7 heteroatoms. The lowest BCUT2D eigenvalue weighted by Crippen LogP contribution is -2.44. The summed E-state index contributed by atoms with van der Waals surface area (Å²) in [6.07, 6.45) is 1.79. The number of hydrogen-bond donors (Lipinski definition) is 2. The SMILES string of the molecule is CCNC(=O)NC(=O)[C@H](C)OC(=O)/C=C/c1cccs1. The van der Waals surface area contributed by atoms with Gasteiger partial charge in [-0.25, -0.2) is 9.59 Å². The van der Waals surface area contributed by atoms with Crippen LogP contribution in [0.5, 0.6) is 0 Å². The number of carbonyl (C=O) groups is 3. The number of imide groups is 1. The molecule has 1 aromatic rings. The molecule has 108 valence electrons. The Morgan fingerprint density at radius 2 is 2.20 bits per heavy atom. The third-order valence-electron chi connectivity index (χ3n) is 2.16. The molecule has 0 aliphatic carbocycles. The number of rotatable bonds is 5. The van der Waals surface area contributed by atoms with Crippen LogP contribution in [0.4, 0.5) is 4.79 Å². The topological polar surface area (TPSA) is 84.5 Å². The van der Waals surface area contributed by atoms with Crippen molar-refractivity contribution < 1.29 is 19.1 Å². The molecule has 0 aromatic carbocycles. The molecule has 0 spiro atoms. The van der Waals surface area contributed by atoms with E-state index in [1.165, 1.54) is 24.3 Å². The first-order chi connectivity index (χ1) is 9.52. The van der Waals surface area contributed by atoms with Gasteiger partial charge in [-0.05, 0) is 31.4 Å². The van der Waals surface area contributed by atoms with Crippen molar-refractivity contribution in [3.63, 3.8) is 0 Å². The molecule has 1 atom stereocenters. The molecule has 0 radical (unpaired) electrons. The number of hydrogen-bond acceptors (Lipinski definition) is 5. The molecule has 6 nitrogen and oxygen atoms in total. The fraction of sp³-hybridized carbons (Fsp3) is 0.308. The fourth-order valence-corrected chi connectivity index (χ4v) is 1.84. The van der Waals surface area contributed by atoms with Gasteiger partial charge in [-0.3, -0.25) is 10.1 Å². The van der Waals surface area contributed by atoms with E-state index in [4.69, 9.17) is 4.74 Å². The Hall–Kier alpha value is -2.15. The van der Waals surface area contributed by atoms with Crippen molar-refractivity contribution in [1.82, 2.24) is 10.6 Å². The predicted octanol–water partition coefficient (Wildman–Crippen LogP) is 1.54. The summed E-state index contributed by atoms with van der Waals surface area (Å²) in [5.41, 5.74) is 0. The largest absolute Gasteiger partial charge is 0.449 e. The van der Waals surface area contributed by atoms with Gasteiger partial charge < -0.3 is 10.1 Å². The normalized spacial score (nSPS) is 11.9. The van der Waals surface area contributed by atoms with E-state index in [1.807, 2.05) is 17.5 Å². The molecule has 0 saturated heterocycles. The highest BCUT2D eigenvalue weighted by molar-refractivity contribution is 7.10. The van der Waals surface area contributed by atoms with Gasteiger partial charge in [-0.2, -0.15) is 0 Å². The van der Waals surface area contributed by atoms with E-state index in [9.17, 15) is 14.4 Å². The summed E-state index contributed by atoms with van der Waals surface area (Å²) in [4.78, 5) is 35.0. The van der Waals surface area contributed by atoms with Crippen LogP contribution in [0.2, 0.25) is 0 Å². The third kappa shape index (κ3) is 5.66. The molecule has 0 saturated carbocycles. The minimum Gasteiger partial charge on any atom is -0.449 e. The highest BCUT2D eigenvalue weighted by atomic mass is 32.1. The van der Waals surface area contributed by atoms with E-state index >= 15 is 0 Å². The van der Waals surface area contributed by atoms with Crippen LogP contribution >= 0.6 is 11.3 Å². The second kappa shape index (κ2) is 8.11. The molecule has 1 aromatic heterocycles. The molecular formula is C13H16N2O4S. The van der Waals surface area contributed by atoms with Crippen LogP contribution in [0.25, 0.3) is 6.08 Å². The zero-order valence-corrected chi connectivity index (χ0v) is 12.0. The van der Waals surface area contributed by atoms with Gasteiger partial charge in [-0.15, -0.1) is 11.3 Å². The van der Waals surface area contributed by atoms with Crippen LogP contribution in [-0.2, 0) is 14.3 Å². The molecule has 0 bridgehead atoms. The minimum absolute atomic E-state index is 0.400. The summed E-state index contributed by atoms with van der Waals surface area (Å²) in [5, 5.41) is 6.35. The molecular weight excluding hydrogens is 280 g/mol. The minimum atomic E-state index is -1.04. The van der Waals surface area contributed by atoms with Crippen LogP contribution in [0, 0.1) is 0 Å². The summed E-state index contributed by atoms with van der Waals surface area (Å²) in [5.74, 6) is -1.31. The highest BCUT2D eigenvalue weighted by Crippen LogP contribution is 2.10. The molecule has 2 N–H and O–H groups in total. The quantitative estimate of drug-likeness (QED) is 0.637. The molecule has 3 amide bonds. The van der Waals surface area contributed by atoms with Crippen molar-refractivity contribution in [3.8, 4) is 0 Å². The average Bonchev–Trinajstić information content (AvgIpc) is 2.89. The van der Waals surface area contributed by atoms with E-state index in [-0.39, 0.29) is 0 Å². The van der Waals surface area contributed by atoms with Crippen LogP contribution in [0.3, 0.4) is 0 Å². The number of esters is 1. The van der Waals surface area contributed by atoms with Crippen LogP contribution < -0.4 is 10.6 Å². The maximum absolute atomic E-state index is 11.5. The van der Waals surface area contributed by atoms with Crippen molar-refractivity contribution >= 4 is 35.3 Å². The number of carbonyl (C=O) groups excluding carboxylic acids is 3. The van der Waals surface area contributed by atoms with Gasteiger partial charge in [0, 0.05) is 17.5 Å². The zero-order valence-electron chi connectivity index (χ0n) is 11.2. The van der Waals surface area contributed by atoms with Crippen molar-refractivity contribution in [1.29, 1.82) is 0 Å². The Morgan fingerprint density at radius 3 is 2.80 bits per heavy atom. The van der Waals surface area contributed by atoms with Crippen molar-refractivity contribution in [2.24, 2.45) is 0 Å². The standard InChI is InChI=1S/C13H16N2O4S/c1-3-14-13(18)15-12(17)9(2)19-11(16)7-6-10-5-4-8-20-10/h4-9H,3H2,1-2H3,(H2,14,15,17,18)/b7-6+/t9-/m0/s1. The lowest BCUT2D eigenvalue weighted by Gasteiger charge is -2.11. The Labute approximate surface area is 120 Å². The summed E-state index contributed by atoms with van der Waals surface area (Å²) in [7, 11) is 0. The van der Waals surface area contributed by atoms with Crippen molar-refractivity contribution in [2.75, 3.05) is 6.54 Å². The Balaban J connectivity index is 2.41. The van der Waals surface area contributed by atoms with Crippen molar-refractivity contribution in [2.45, 2.75) is 20.0 Å². The van der Waals surface area contributed by atoms with Crippen LogP contribution in [-0.4, -0.2) is 30.6 Å². The maximum atomic E-state index is 11.5. The Kier molecular flexibility index (Phi) is 6.45. The van der Waals surface area contributed by atoms with E-state index in [0.29, 0.717) is 6.54 Å². The zero-order chi connectivity index (χ0) is 15.0. The van der Waals surface area contributed by atoms with Crippen molar-refractivity contribution in [3.05, 3.63) is 28.5 Å². The van der Waals surface area contributed by atoms with E-state index < -0.39 is 24.0 Å². The summed E-state index contributed by atoms with van der Waals surface area (Å²) in [6, 6.07) is 3.09. The Morgan fingerprint density at radius 1 is 1.45 bits per heavy atom. The molecule has 0 unspecified atom stereocenters. The monoisotopic (exact) mass is 296 g/mol. The molecule has 0 aliphatic heterocycles. The van der Waals surface area contributed by atoms with Gasteiger partial charge in [0.2, 0.25) is 0 Å². The average molecular weight is 296 g/mol.